The van der Waals surface area contributed by atoms with E-state index in [1.165, 1.54) is 31.3 Å². The zero-order chi connectivity index (χ0) is 8.69. The Hall–Kier alpha value is -0.300. The maximum absolute atomic E-state index is 5.65. The van der Waals surface area contributed by atoms with Crippen LogP contribution in [0.2, 0.25) is 0 Å². The van der Waals surface area contributed by atoms with Crippen LogP contribution < -0.4 is 5.73 Å². The van der Waals surface area contributed by atoms with E-state index in [1.54, 1.807) is 0 Å². The molecule has 0 saturated heterocycles. The average Bonchev–Trinajstić information content (AvgIpc) is 1.97. The molecule has 1 atom stereocenters. The SMILES string of the molecule is C=C(CCCCCC)C(C)N. The van der Waals surface area contributed by atoms with Crippen molar-refractivity contribution in [1.29, 1.82) is 0 Å². The molecule has 0 spiro atoms. The van der Waals surface area contributed by atoms with E-state index in [0.29, 0.717) is 0 Å². The number of unbranched alkanes of at least 4 members (excludes halogenated alkanes) is 3. The van der Waals surface area contributed by atoms with Crippen LogP contribution in [0.5, 0.6) is 0 Å². The van der Waals surface area contributed by atoms with Gasteiger partial charge in [0.15, 0.2) is 0 Å². The summed E-state index contributed by atoms with van der Waals surface area (Å²) in [5, 5.41) is 0. The van der Waals surface area contributed by atoms with Crippen LogP contribution in [-0.2, 0) is 0 Å². The molecule has 0 heterocycles. The molecule has 0 aliphatic rings. The lowest BCUT2D eigenvalue weighted by Crippen LogP contribution is -2.16. The van der Waals surface area contributed by atoms with E-state index >= 15 is 0 Å². The van der Waals surface area contributed by atoms with Crippen molar-refractivity contribution in [2.24, 2.45) is 5.73 Å². The van der Waals surface area contributed by atoms with E-state index < -0.39 is 0 Å². The van der Waals surface area contributed by atoms with E-state index in [9.17, 15) is 0 Å². The van der Waals surface area contributed by atoms with Crippen LogP contribution in [0.1, 0.15) is 46.0 Å². The minimum Gasteiger partial charge on any atom is -0.324 e. The quantitative estimate of drug-likeness (QED) is 0.463. The van der Waals surface area contributed by atoms with E-state index in [1.807, 2.05) is 6.92 Å². The summed E-state index contributed by atoms with van der Waals surface area (Å²) >= 11 is 0. The van der Waals surface area contributed by atoms with Gasteiger partial charge in [-0.2, -0.15) is 0 Å². The van der Waals surface area contributed by atoms with Gasteiger partial charge in [0.05, 0.1) is 0 Å². The molecule has 2 N–H and O–H groups in total. The molecule has 0 aromatic carbocycles. The molecular weight excluding hydrogens is 134 g/mol. The van der Waals surface area contributed by atoms with Gasteiger partial charge in [0, 0.05) is 6.04 Å². The Balaban J connectivity index is 3.18. The zero-order valence-corrected chi connectivity index (χ0v) is 7.90. The molecule has 0 amide bonds. The lowest BCUT2D eigenvalue weighted by atomic mass is 10.0. The van der Waals surface area contributed by atoms with E-state index in [2.05, 4.69) is 13.5 Å². The predicted molar refractivity (Wildman–Crippen MR) is 51.5 cm³/mol. The van der Waals surface area contributed by atoms with E-state index in [-0.39, 0.29) is 6.04 Å². The maximum Gasteiger partial charge on any atom is 0.0222 e. The molecule has 0 aromatic rings. The Bertz CT molecular complexity index is 105. The fourth-order valence-electron chi connectivity index (χ4n) is 1.01. The van der Waals surface area contributed by atoms with Crippen LogP contribution in [-0.4, -0.2) is 6.04 Å². The first-order valence-corrected chi connectivity index (χ1v) is 4.61. The van der Waals surface area contributed by atoms with Crippen molar-refractivity contribution in [2.75, 3.05) is 0 Å². The Morgan fingerprint density at radius 3 is 2.45 bits per heavy atom. The molecule has 0 aliphatic carbocycles. The van der Waals surface area contributed by atoms with Crippen LogP contribution in [0, 0.1) is 0 Å². The second-order valence-electron chi connectivity index (χ2n) is 3.26. The third-order valence-electron chi connectivity index (χ3n) is 2.00. The molecular formula is C10H21N. The summed E-state index contributed by atoms with van der Waals surface area (Å²) in [6, 6.07) is 0.177. The molecule has 0 fully saturated rings. The van der Waals surface area contributed by atoms with Gasteiger partial charge in [0.1, 0.15) is 0 Å². The van der Waals surface area contributed by atoms with Gasteiger partial charge in [-0.1, -0.05) is 38.3 Å². The van der Waals surface area contributed by atoms with E-state index in [0.717, 1.165) is 6.42 Å². The molecule has 0 radical (unpaired) electrons. The average molecular weight is 155 g/mol. The highest BCUT2D eigenvalue weighted by atomic mass is 14.6. The summed E-state index contributed by atoms with van der Waals surface area (Å²) in [6.45, 7) is 8.15. The molecule has 0 bridgehead atoms. The number of nitrogens with two attached hydrogens (primary N) is 1. The second-order valence-corrected chi connectivity index (χ2v) is 3.26. The highest BCUT2D eigenvalue weighted by molar-refractivity contribution is 5.01. The standard InChI is InChI=1S/C10H21N/c1-4-5-6-7-8-9(2)10(3)11/h10H,2,4-8,11H2,1,3H3. The first kappa shape index (κ1) is 10.7. The Kier molecular flexibility index (Phi) is 6.24. The summed E-state index contributed by atoms with van der Waals surface area (Å²) in [5.41, 5.74) is 6.85. The zero-order valence-electron chi connectivity index (χ0n) is 7.90. The highest BCUT2D eigenvalue weighted by Crippen LogP contribution is 2.10. The van der Waals surface area contributed by atoms with Crippen LogP contribution in [0.15, 0.2) is 12.2 Å². The molecule has 66 valence electrons. The van der Waals surface area contributed by atoms with Crippen LogP contribution in [0.3, 0.4) is 0 Å². The van der Waals surface area contributed by atoms with Crippen molar-refractivity contribution in [3.8, 4) is 0 Å². The highest BCUT2D eigenvalue weighted by Gasteiger charge is 1.98. The first-order chi connectivity index (χ1) is 5.18. The minimum absolute atomic E-state index is 0.177. The summed E-state index contributed by atoms with van der Waals surface area (Å²) in [7, 11) is 0. The molecule has 0 rings (SSSR count). The van der Waals surface area contributed by atoms with Gasteiger partial charge < -0.3 is 5.73 Å². The summed E-state index contributed by atoms with van der Waals surface area (Å²) in [6.07, 6.45) is 6.32. The van der Waals surface area contributed by atoms with Crippen molar-refractivity contribution >= 4 is 0 Å². The van der Waals surface area contributed by atoms with Crippen molar-refractivity contribution in [1.82, 2.24) is 0 Å². The maximum atomic E-state index is 5.65. The second kappa shape index (κ2) is 6.41. The lowest BCUT2D eigenvalue weighted by molar-refractivity contribution is 0.646. The van der Waals surface area contributed by atoms with Gasteiger partial charge >= 0.3 is 0 Å². The van der Waals surface area contributed by atoms with E-state index in [4.69, 9.17) is 5.73 Å². The molecule has 1 nitrogen and oxygen atoms in total. The Morgan fingerprint density at radius 2 is 2.00 bits per heavy atom. The summed E-state index contributed by atoms with van der Waals surface area (Å²) < 4.78 is 0. The van der Waals surface area contributed by atoms with Crippen LogP contribution in [0.4, 0.5) is 0 Å². The largest absolute Gasteiger partial charge is 0.324 e. The molecule has 0 aromatic heterocycles. The summed E-state index contributed by atoms with van der Waals surface area (Å²) in [5.74, 6) is 0. The molecule has 0 aliphatic heterocycles. The Morgan fingerprint density at radius 1 is 1.36 bits per heavy atom. The van der Waals surface area contributed by atoms with Gasteiger partial charge in [0.25, 0.3) is 0 Å². The van der Waals surface area contributed by atoms with Crippen molar-refractivity contribution in [3.05, 3.63) is 12.2 Å². The number of rotatable bonds is 6. The minimum atomic E-state index is 0.177. The van der Waals surface area contributed by atoms with Gasteiger partial charge in [-0.25, -0.2) is 0 Å². The van der Waals surface area contributed by atoms with Gasteiger partial charge in [-0.05, 0) is 19.8 Å². The number of hydrogen-bond donors (Lipinski definition) is 1. The third kappa shape index (κ3) is 6.11. The van der Waals surface area contributed by atoms with Gasteiger partial charge in [-0.3, -0.25) is 0 Å². The van der Waals surface area contributed by atoms with Gasteiger partial charge in [-0.15, -0.1) is 0 Å². The normalized spacial score (nSPS) is 13.0. The molecule has 11 heavy (non-hydrogen) atoms. The molecule has 0 saturated carbocycles. The van der Waals surface area contributed by atoms with Crippen molar-refractivity contribution in [3.63, 3.8) is 0 Å². The molecule has 1 unspecified atom stereocenters. The Labute approximate surface area is 70.7 Å². The molecule has 1 heteroatoms. The smallest absolute Gasteiger partial charge is 0.0222 e. The monoisotopic (exact) mass is 155 g/mol. The topological polar surface area (TPSA) is 26.0 Å². The fourth-order valence-corrected chi connectivity index (χ4v) is 1.01. The number of hydrogen-bond acceptors (Lipinski definition) is 1. The fraction of sp³-hybridized carbons (Fsp3) is 0.800. The third-order valence-corrected chi connectivity index (χ3v) is 2.00. The predicted octanol–water partition coefficient (Wildman–Crippen LogP) is 2.86. The van der Waals surface area contributed by atoms with Crippen LogP contribution in [0.25, 0.3) is 0 Å². The lowest BCUT2D eigenvalue weighted by Gasteiger charge is -2.08. The summed E-state index contributed by atoms with van der Waals surface area (Å²) in [4.78, 5) is 0. The van der Waals surface area contributed by atoms with Gasteiger partial charge in [0.2, 0.25) is 0 Å². The van der Waals surface area contributed by atoms with Crippen LogP contribution >= 0.6 is 0 Å². The first-order valence-electron chi connectivity index (χ1n) is 4.61. The van der Waals surface area contributed by atoms with Crippen molar-refractivity contribution < 1.29 is 0 Å². The van der Waals surface area contributed by atoms with Crippen molar-refractivity contribution in [2.45, 2.75) is 52.0 Å².